The second-order valence-electron chi connectivity index (χ2n) is 4.37. The van der Waals surface area contributed by atoms with Crippen LogP contribution >= 0.6 is 0 Å². The van der Waals surface area contributed by atoms with Gasteiger partial charge in [-0.05, 0) is 0 Å². The van der Waals surface area contributed by atoms with E-state index >= 15 is 0 Å². The van der Waals surface area contributed by atoms with Gasteiger partial charge in [-0.3, -0.25) is 19.2 Å². The van der Waals surface area contributed by atoms with E-state index in [1.54, 1.807) is 0 Å². The summed E-state index contributed by atoms with van der Waals surface area (Å²) in [4.78, 5) is 47.9. The van der Waals surface area contributed by atoms with Crippen LogP contribution in [0.2, 0.25) is 0 Å². The molecule has 1 saturated heterocycles. The monoisotopic (exact) mass is 271 g/mol. The summed E-state index contributed by atoms with van der Waals surface area (Å²) in [6.07, 6.45) is -0.443. The summed E-state index contributed by atoms with van der Waals surface area (Å²) in [6, 6.07) is -1.01. The molecule has 1 unspecified atom stereocenters. The summed E-state index contributed by atoms with van der Waals surface area (Å²) in [5.74, 6) is -2.34. The SMILES string of the molecule is CC(=O)N(C)CC(=O)N1CCNC(=O)C1CC(=O)O. The highest BCUT2D eigenvalue weighted by atomic mass is 16.4. The molecule has 1 fully saturated rings. The molecule has 0 saturated carbocycles. The van der Waals surface area contributed by atoms with Crippen LogP contribution in [0, 0.1) is 0 Å². The number of carboxylic acids is 1. The molecule has 0 aromatic rings. The average molecular weight is 271 g/mol. The van der Waals surface area contributed by atoms with Crippen LogP contribution in [-0.2, 0) is 19.2 Å². The van der Waals surface area contributed by atoms with Crippen LogP contribution in [0.5, 0.6) is 0 Å². The number of nitrogens with one attached hydrogen (secondary N) is 1. The Hall–Kier alpha value is -2.12. The average Bonchev–Trinajstić information content (AvgIpc) is 2.30. The normalized spacial score (nSPS) is 18.7. The fourth-order valence-electron chi connectivity index (χ4n) is 1.79. The lowest BCUT2D eigenvalue weighted by Crippen LogP contribution is -2.59. The van der Waals surface area contributed by atoms with Gasteiger partial charge in [0.15, 0.2) is 0 Å². The van der Waals surface area contributed by atoms with Crippen LogP contribution in [0.1, 0.15) is 13.3 Å². The predicted octanol–water partition coefficient (Wildman–Crippen LogP) is -1.73. The second kappa shape index (κ2) is 6.17. The van der Waals surface area contributed by atoms with E-state index in [9.17, 15) is 19.2 Å². The van der Waals surface area contributed by atoms with Gasteiger partial charge in [-0.25, -0.2) is 0 Å². The maximum absolute atomic E-state index is 12.0. The molecule has 0 aromatic carbocycles. The Labute approximate surface area is 110 Å². The standard InChI is InChI=1S/C11H17N3O5/c1-7(15)13(2)6-9(16)14-4-3-12-11(19)8(14)5-10(17)18/h8H,3-6H2,1-2H3,(H,12,19)(H,17,18). The van der Waals surface area contributed by atoms with E-state index in [2.05, 4.69) is 5.32 Å². The maximum atomic E-state index is 12.0. The minimum atomic E-state index is -1.15. The zero-order valence-corrected chi connectivity index (χ0v) is 10.9. The molecule has 1 heterocycles. The van der Waals surface area contributed by atoms with Crippen molar-refractivity contribution in [3.05, 3.63) is 0 Å². The van der Waals surface area contributed by atoms with Gasteiger partial charge in [0.25, 0.3) is 0 Å². The van der Waals surface area contributed by atoms with Gasteiger partial charge in [-0.15, -0.1) is 0 Å². The number of carboxylic acid groups (broad SMARTS) is 1. The molecule has 1 aliphatic rings. The first-order chi connectivity index (χ1) is 8.82. The van der Waals surface area contributed by atoms with Crippen molar-refractivity contribution in [2.45, 2.75) is 19.4 Å². The molecule has 0 aliphatic carbocycles. The first-order valence-electron chi connectivity index (χ1n) is 5.83. The molecule has 1 rings (SSSR count). The minimum Gasteiger partial charge on any atom is -0.481 e. The second-order valence-corrected chi connectivity index (χ2v) is 4.37. The number of hydrogen-bond donors (Lipinski definition) is 2. The molecule has 1 atom stereocenters. The van der Waals surface area contributed by atoms with Crippen molar-refractivity contribution in [1.82, 2.24) is 15.1 Å². The number of aliphatic carboxylic acids is 1. The molecule has 8 heteroatoms. The number of hydrogen-bond acceptors (Lipinski definition) is 4. The van der Waals surface area contributed by atoms with Crippen molar-refractivity contribution < 1.29 is 24.3 Å². The Morgan fingerprint density at radius 3 is 2.63 bits per heavy atom. The Bertz CT molecular complexity index is 409. The van der Waals surface area contributed by atoms with Crippen LogP contribution in [0.4, 0.5) is 0 Å². The Morgan fingerprint density at radius 2 is 2.11 bits per heavy atom. The Balaban J connectivity index is 2.76. The number of nitrogens with zero attached hydrogens (tertiary/aromatic N) is 2. The van der Waals surface area contributed by atoms with Crippen LogP contribution in [-0.4, -0.2) is 71.3 Å². The Morgan fingerprint density at radius 1 is 1.47 bits per heavy atom. The first kappa shape index (κ1) is 14.9. The third-order valence-electron chi connectivity index (χ3n) is 2.93. The van der Waals surface area contributed by atoms with Crippen LogP contribution in [0.25, 0.3) is 0 Å². The summed E-state index contributed by atoms with van der Waals surface area (Å²) in [5.41, 5.74) is 0. The molecule has 2 N–H and O–H groups in total. The quantitative estimate of drug-likeness (QED) is 0.631. The number of carbonyl (C=O) groups is 4. The zero-order valence-electron chi connectivity index (χ0n) is 10.9. The van der Waals surface area contributed by atoms with Crippen molar-refractivity contribution in [2.24, 2.45) is 0 Å². The largest absolute Gasteiger partial charge is 0.481 e. The van der Waals surface area contributed by atoms with Crippen LogP contribution < -0.4 is 5.32 Å². The number of amides is 3. The number of piperazine rings is 1. The van der Waals surface area contributed by atoms with Crippen molar-refractivity contribution in [3.8, 4) is 0 Å². The van der Waals surface area contributed by atoms with Gasteiger partial charge in [-0.1, -0.05) is 0 Å². The highest BCUT2D eigenvalue weighted by molar-refractivity contribution is 5.93. The van der Waals surface area contributed by atoms with Gasteiger partial charge < -0.3 is 20.2 Å². The van der Waals surface area contributed by atoms with Crippen molar-refractivity contribution in [3.63, 3.8) is 0 Å². The first-order valence-corrected chi connectivity index (χ1v) is 5.83. The maximum Gasteiger partial charge on any atom is 0.305 e. The van der Waals surface area contributed by atoms with Gasteiger partial charge in [-0.2, -0.15) is 0 Å². The highest BCUT2D eigenvalue weighted by Gasteiger charge is 2.34. The van der Waals surface area contributed by atoms with Gasteiger partial charge in [0, 0.05) is 27.1 Å². The fourth-order valence-corrected chi connectivity index (χ4v) is 1.79. The van der Waals surface area contributed by atoms with E-state index in [4.69, 9.17) is 5.11 Å². The summed E-state index contributed by atoms with van der Waals surface area (Å²) in [7, 11) is 1.47. The number of likely N-dealkylation sites (N-methyl/N-ethyl adjacent to an activating group) is 1. The van der Waals surface area contributed by atoms with Crippen LogP contribution in [0.15, 0.2) is 0 Å². The van der Waals surface area contributed by atoms with Gasteiger partial charge in [0.2, 0.25) is 17.7 Å². The van der Waals surface area contributed by atoms with Crippen molar-refractivity contribution in [1.29, 1.82) is 0 Å². The lowest BCUT2D eigenvalue weighted by Gasteiger charge is -2.35. The molecule has 3 amide bonds. The summed E-state index contributed by atoms with van der Waals surface area (Å²) < 4.78 is 0. The Kier molecular flexibility index (Phi) is 4.85. The molecule has 0 bridgehead atoms. The van der Waals surface area contributed by atoms with Crippen LogP contribution in [0.3, 0.4) is 0 Å². The fraction of sp³-hybridized carbons (Fsp3) is 0.636. The molecule has 8 nitrogen and oxygen atoms in total. The van der Waals surface area contributed by atoms with E-state index in [1.165, 1.54) is 23.8 Å². The summed E-state index contributed by atoms with van der Waals surface area (Å²) in [6.45, 7) is 1.68. The van der Waals surface area contributed by atoms with E-state index < -0.39 is 30.2 Å². The third-order valence-corrected chi connectivity index (χ3v) is 2.93. The molecule has 1 aliphatic heterocycles. The smallest absolute Gasteiger partial charge is 0.305 e. The molecular weight excluding hydrogens is 254 g/mol. The van der Waals surface area contributed by atoms with Crippen molar-refractivity contribution in [2.75, 3.05) is 26.7 Å². The molecular formula is C11H17N3O5. The number of carbonyl (C=O) groups excluding carboxylic acids is 3. The lowest BCUT2D eigenvalue weighted by atomic mass is 10.1. The van der Waals surface area contributed by atoms with Gasteiger partial charge in [0.1, 0.15) is 6.04 Å². The molecule has 0 radical (unpaired) electrons. The zero-order chi connectivity index (χ0) is 14.6. The van der Waals surface area contributed by atoms with Gasteiger partial charge in [0.05, 0.1) is 13.0 Å². The topological polar surface area (TPSA) is 107 Å². The lowest BCUT2D eigenvalue weighted by molar-refractivity contribution is -0.150. The van der Waals surface area contributed by atoms with Crippen molar-refractivity contribution >= 4 is 23.7 Å². The van der Waals surface area contributed by atoms with E-state index in [1.807, 2.05) is 0 Å². The van der Waals surface area contributed by atoms with E-state index in [-0.39, 0.29) is 25.5 Å². The predicted molar refractivity (Wildman–Crippen MR) is 64.1 cm³/mol. The highest BCUT2D eigenvalue weighted by Crippen LogP contribution is 2.10. The third kappa shape index (κ3) is 3.94. The van der Waals surface area contributed by atoms with E-state index in [0.717, 1.165) is 0 Å². The molecule has 0 spiro atoms. The molecule has 106 valence electrons. The summed E-state index contributed by atoms with van der Waals surface area (Å²) >= 11 is 0. The summed E-state index contributed by atoms with van der Waals surface area (Å²) in [5, 5.41) is 11.3. The van der Waals surface area contributed by atoms with Gasteiger partial charge >= 0.3 is 5.97 Å². The number of rotatable bonds is 4. The minimum absolute atomic E-state index is 0.168. The van der Waals surface area contributed by atoms with E-state index in [0.29, 0.717) is 0 Å². The molecule has 0 aromatic heterocycles. The molecule has 19 heavy (non-hydrogen) atoms.